The Labute approximate surface area is 190 Å². The second-order valence-corrected chi connectivity index (χ2v) is 7.08. The highest BCUT2D eigenvalue weighted by molar-refractivity contribution is 5.89. The van der Waals surface area contributed by atoms with Gasteiger partial charge in [0.25, 0.3) is 6.47 Å². The molecule has 0 unspecified atom stereocenters. The third kappa shape index (κ3) is 6.66. The van der Waals surface area contributed by atoms with Gasteiger partial charge in [-0.1, -0.05) is 6.07 Å². The standard InChI is InChI=1S/C21H25N5O4.CH2O2/c1-13-8-15(3)25(21(28)22-13)12-20(27)23-19-9-14(2)24-26(19)11-16-6-7-17(29-4)18(10-16)30-5;2-1-3/h6-10H,11-12H2,1-5H3,(H,23,27);1H,(H,2,3). The lowest BCUT2D eigenvalue weighted by molar-refractivity contribution is -0.123. The second kappa shape index (κ2) is 11.5. The fourth-order valence-corrected chi connectivity index (χ4v) is 3.21. The van der Waals surface area contributed by atoms with Crippen molar-refractivity contribution < 1.29 is 24.2 Å². The summed E-state index contributed by atoms with van der Waals surface area (Å²) in [4.78, 5) is 37.0. The van der Waals surface area contributed by atoms with Crippen molar-refractivity contribution >= 4 is 18.2 Å². The van der Waals surface area contributed by atoms with E-state index in [1.54, 1.807) is 44.9 Å². The molecule has 3 rings (SSSR count). The summed E-state index contributed by atoms with van der Waals surface area (Å²) in [6.07, 6.45) is 0. The van der Waals surface area contributed by atoms with E-state index in [1.165, 1.54) is 4.57 Å². The molecule has 0 saturated carbocycles. The molecular formula is C22H27N5O6. The zero-order valence-corrected chi connectivity index (χ0v) is 19.2. The molecule has 0 saturated heterocycles. The van der Waals surface area contributed by atoms with Crippen molar-refractivity contribution in [3.63, 3.8) is 0 Å². The van der Waals surface area contributed by atoms with Gasteiger partial charge in [0.1, 0.15) is 12.4 Å². The molecule has 0 radical (unpaired) electrons. The van der Waals surface area contributed by atoms with Gasteiger partial charge in [0.15, 0.2) is 11.5 Å². The Hall–Kier alpha value is -4.15. The van der Waals surface area contributed by atoms with Crippen LogP contribution in [0.4, 0.5) is 5.82 Å². The van der Waals surface area contributed by atoms with Crippen LogP contribution in [0.3, 0.4) is 0 Å². The number of anilines is 1. The Bertz CT molecular complexity index is 1180. The first kappa shape index (κ1) is 25.1. The van der Waals surface area contributed by atoms with Crippen molar-refractivity contribution in [2.75, 3.05) is 19.5 Å². The van der Waals surface area contributed by atoms with Gasteiger partial charge in [0.2, 0.25) is 5.91 Å². The zero-order valence-electron chi connectivity index (χ0n) is 19.2. The van der Waals surface area contributed by atoms with Gasteiger partial charge in [0, 0.05) is 17.5 Å². The van der Waals surface area contributed by atoms with E-state index in [4.69, 9.17) is 19.4 Å². The number of nitrogens with zero attached hydrogens (tertiary/aromatic N) is 4. The van der Waals surface area contributed by atoms with Crippen molar-refractivity contribution in [2.45, 2.75) is 33.9 Å². The number of ether oxygens (including phenoxy) is 2. The molecule has 2 N–H and O–H groups in total. The first-order valence-corrected chi connectivity index (χ1v) is 9.90. The third-order valence-electron chi connectivity index (χ3n) is 4.60. The van der Waals surface area contributed by atoms with Gasteiger partial charge in [-0.2, -0.15) is 10.1 Å². The molecule has 1 aromatic carbocycles. The maximum atomic E-state index is 12.6. The Balaban J connectivity index is 0.00000122. The number of carboxylic acid groups (broad SMARTS) is 1. The van der Waals surface area contributed by atoms with Gasteiger partial charge in [0.05, 0.1) is 26.5 Å². The predicted octanol–water partition coefficient (Wildman–Crippen LogP) is 1.77. The Morgan fingerprint density at radius 3 is 2.36 bits per heavy atom. The largest absolute Gasteiger partial charge is 0.493 e. The summed E-state index contributed by atoms with van der Waals surface area (Å²) in [5, 5.41) is 14.2. The molecule has 176 valence electrons. The Morgan fingerprint density at radius 2 is 1.76 bits per heavy atom. The lowest BCUT2D eigenvalue weighted by atomic mass is 10.2. The molecule has 0 fully saturated rings. The molecule has 0 atom stereocenters. The number of benzene rings is 1. The maximum absolute atomic E-state index is 12.6. The SMILES string of the molecule is COc1ccc(Cn2nc(C)cc2NC(=O)Cn2c(C)cc(C)nc2=O)cc1OC.O=CO. The molecule has 0 aliphatic carbocycles. The second-order valence-electron chi connectivity index (χ2n) is 7.08. The van der Waals surface area contributed by atoms with E-state index < -0.39 is 5.69 Å². The van der Waals surface area contributed by atoms with Crippen LogP contribution in [-0.2, 0) is 22.7 Å². The number of aromatic nitrogens is 4. The van der Waals surface area contributed by atoms with Crippen LogP contribution in [0.1, 0.15) is 22.6 Å². The minimum atomic E-state index is -0.447. The van der Waals surface area contributed by atoms with E-state index in [0.29, 0.717) is 35.2 Å². The van der Waals surface area contributed by atoms with Crippen molar-refractivity contribution in [1.82, 2.24) is 19.3 Å². The molecule has 11 nitrogen and oxygen atoms in total. The van der Waals surface area contributed by atoms with Gasteiger partial charge in [-0.25, -0.2) is 9.48 Å². The summed E-state index contributed by atoms with van der Waals surface area (Å²) < 4.78 is 13.6. The third-order valence-corrected chi connectivity index (χ3v) is 4.60. The van der Waals surface area contributed by atoms with Crippen LogP contribution in [-0.4, -0.2) is 51.0 Å². The first-order chi connectivity index (χ1) is 15.7. The molecule has 0 aliphatic rings. The van der Waals surface area contributed by atoms with Crippen LogP contribution in [0.5, 0.6) is 11.5 Å². The molecule has 0 bridgehead atoms. The maximum Gasteiger partial charge on any atom is 0.348 e. The lowest BCUT2D eigenvalue weighted by Crippen LogP contribution is -2.31. The fourth-order valence-electron chi connectivity index (χ4n) is 3.21. The quantitative estimate of drug-likeness (QED) is 0.512. The molecule has 0 spiro atoms. The first-order valence-electron chi connectivity index (χ1n) is 9.90. The minimum Gasteiger partial charge on any atom is -0.493 e. The summed E-state index contributed by atoms with van der Waals surface area (Å²) in [5.41, 5.74) is 2.55. The van der Waals surface area contributed by atoms with E-state index in [2.05, 4.69) is 15.4 Å². The van der Waals surface area contributed by atoms with Crippen LogP contribution in [0.2, 0.25) is 0 Å². The summed E-state index contributed by atoms with van der Waals surface area (Å²) >= 11 is 0. The van der Waals surface area contributed by atoms with E-state index in [-0.39, 0.29) is 18.9 Å². The molecule has 33 heavy (non-hydrogen) atoms. The number of hydrogen-bond acceptors (Lipinski definition) is 7. The zero-order chi connectivity index (χ0) is 24.5. The normalized spacial score (nSPS) is 10.1. The number of amides is 1. The molecule has 3 aromatic rings. The molecule has 2 heterocycles. The number of methoxy groups -OCH3 is 2. The van der Waals surface area contributed by atoms with Crippen LogP contribution >= 0.6 is 0 Å². The molecule has 1 amide bonds. The summed E-state index contributed by atoms with van der Waals surface area (Å²) in [5.74, 6) is 1.46. The van der Waals surface area contributed by atoms with E-state index >= 15 is 0 Å². The number of aryl methyl sites for hydroxylation is 3. The number of rotatable bonds is 7. The number of hydrogen-bond donors (Lipinski definition) is 2. The van der Waals surface area contributed by atoms with Crippen molar-refractivity contribution in [2.24, 2.45) is 0 Å². The molecule has 11 heteroatoms. The fraction of sp³-hybridized carbons (Fsp3) is 0.318. The molecule has 2 aromatic heterocycles. The van der Waals surface area contributed by atoms with E-state index in [9.17, 15) is 9.59 Å². The topological polar surface area (TPSA) is 138 Å². The van der Waals surface area contributed by atoms with Crippen LogP contribution in [0.15, 0.2) is 35.1 Å². The highest BCUT2D eigenvalue weighted by atomic mass is 16.5. The lowest BCUT2D eigenvalue weighted by Gasteiger charge is -2.13. The van der Waals surface area contributed by atoms with Crippen molar-refractivity contribution in [1.29, 1.82) is 0 Å². The Kier molecular flexibility index (Phi) is 8.72. The summed E-state index contributed by atoms with van der Waals surface area (Å²) in [6, 6.07) is 9.14. The van der Waals surface area contributed by atoms with Gasteiger partial charge in [-0.15, -0.1) is 0 Å². The van der Waals surface area contributed by atoms with Crippen LogP contribution < -0.4 is 20.5 Å². The average molecular weight is 457 g/mol. The number of carbonyl (C=O) groups excluding carboxylic acids is 1. The summed E-state index contributed by atoms with van der Waals surface area (Å²) in [6.45, 7) is 5.41. The van der Waals surface area contributed by atoms with Gasteiger partial charge < -0.3 is 19.9 Å². The highest BCUT2D eigenvalue weighted by Gasteiger charge is 2.14. The number of nitrogens with one attached hydrogen (secondary N) is 1. The highest BCUT2D eigenvalue weighted by Crippen LogP contribution is 2.28. The minimum absolute atomic E-state index is 0.126. The molecular weight excluding hydrogens is 430 g/mol. The monoisotopic (exact) mass is 457 g/mol. The van der Waals surface area contributed by atoms with E-state index in [1.807, 2.05) is 25.1 Å². The van der Waals surface area contributed by atoms with Crippen LogP contribution in [0, 0.1) is 20.8 Å². The van der Waals surface area contributed by atoms with Crippen molar-refractivity contribution in [3.05, 3.63) is 63.5 Å². The molecule has 0 aliphatic heterocycles. The smallest absolute Gasteiger partial charge is 0.348 e. The predicted molar refractivity (Wildman–Crippen MR) is 121 cm³/mol. The Morgan fingerprint density at radius 1 is 1.09 bits per heavy atom. The van der Waals surface area contributed by atoms with Crippen LogP contribution in [0.25, 0.3) is 0 Å². The van der Waals surface area contributed by atoms with Crippen molar-refractivity contribution in [3.8, 4) is 11.5 Å². The van der Waals surface area contributed by atoms with Gasteiger partial charge in [-0.3, -0.25) is 14.2 Å². The average Bonchev–Trinajstić information content (AvgIpc) is 3.09. The van der Waals surface area contributed by atoms with Gasteiger partial charge >= 0.3 is 5.69 Å². The number of carbonyl (C=O) groups is 2. The summed E-state index contributed by atoms with van der Waals surface area (Å²) in [7, 11) is 3.16. The van der Waals surface area contributed by atoms with E-state index in [0.717, 1.165) is 11.3 Å². The van der Waals surface area contributed by atoms with Gasteiger partial charge in [-0.05, 0) is 44.5 Å².